The zero-order valence-corrected chi connectivity index (χ0v) is 23.7. The van der Waals surface area contributed by atoms with Crippen LogP contribution >= 0.6 is 11.3 Å². The molecular formula is C30H28F2N6O2S. The quantitative estimate of drug-likeness (QED) is 0.304. The second kappa shape index (κ2) is 10.5. The Morgan fingerprint density at radius 3 is 2.49 bits per heavy atom. The van der Waals surface area contributed by atoms with Gasteiger partial charge in [0.05, 0.1) is 29.1 Å². The Labute approximate surface area is 239 Å². The standard InChI is InChI=1S/C30H28F2N6O2S/c1-18-8-9-21(31)15-26(18)38-19(2)14-24(34-38)28-20(3)33-30-37(29(28)40)22(17-41-30)16-27(39)36-12-10-35(11-13-36)25-7-5-4-6-23(25)32/h4-9,14-15,17H,10-13,16H2,1-3H3. The number of thiazole rings is 1. The van der Waals surface area contributed by atoms with Crippen LogP contribution in [0, 0.1) is 32.4 Å². The Morgan fingerprint density at radius 2 is 1.73 bits per heavy atom. The lowest BCUT2D eigenvalue weighted by molar-refractivity contribution is -0.130. The summed E-state index contributed by atoms with van der Waals surface area (Å²) in [5.41, 5.74) is 4.27. The van der Waals surface area contributed by atoms with Crippen molar-refractivity contribution < 1.29 is 13.6 Å². The number of anilines is 1. The summed E-state index contributed by atoms with van der Waals surface area (Å²) >= 11 is 1.31. The molecule has 1 aliphatic rings. The van der Waals surface area contributed by atoms with Crippen LogP contribution in [0.2, 0.25) is 0 Å². The zero-order chi connectivity index (χ0) is 28.8. The van der Waals surface area contributed by atoms with Crippen molar-refractivity contribution in [3.05, 3.63) is 98.5 Å². The second-order valence-corrected chi connectivity index (χ2v) is 11.1. The molecule has 5 aromatic rings. The van der Waals surface area contributed by atoms with Crippen molar-refractivity contribution in [1.29, 1.82) is 0 Å². The van der Waals surface area contributed by atoms with Gasteiger partial charge in [0.15, 0.2) is 4.96 Å². The highest BCUT2D eigenvalue weighted by molar-refractivity contribution is 7.15. The van der Waals surface area contributed by atoms with E-state index in [1.54, 1.807) is 52.2 Å². The van der Waals surface area contributed by atoms with E-state index >= 15 is 0 Å². The van der Waals surface area contributed by atoms with Crippen molar-refractivity contribution in [2.45, 2.75) is 27.2 Å². The van der Waals surface area contributed by atoms with Gasteiger partial charge < -0.3 is 9.80 Å². The van der Waals surface area contributed by atoms with Gasteiger partial charge in [-0.05, 0) is 56.7 Å². The van der Waals surface area contributed by atoms with Crippen LogP contribution < -0.4 is 10.5 Å². The number of halogens is 2. The highest BCUT2D eigenvalue weighted by Crippen LogP contribution is 2.26. The summed E-state index contributed by atoms with van der Waals surface area (Å²) in [7, 11) is 0. The fraction of sp³-hybridized carbons (Fsp3) is 0.267. The van der Waals surface area contributed by atoms with Gasteiger partial charge >= 0.3 is 0 Å². The van der Waals surface area contributed by atoms with E-state index in [1.165, 1.54) is 33.9 Å². The fourth-order valence-corrected chi connectivity index (χ4v) is 6.27. The molecule has 0 spiro atoms. The minimum atomic E-state index is -0.373. The Balaban J connectivity index is 1.27. The molecule has 6 rings (SSSR count). The van der Waals surface area contributed by atoms with Gasteiger partial charge in [-0.15, -0.1) is 11.3 Å². The second-order valence-electron chi connectivity index (χ2n) is 10.2. The van der Waals surface area contributed by atoms with E-state index in [9.17, 15) is 18.4 Å². The molecule has 1 fully saturated rings. The lowest BCUT2D eigenvalue weighted by Crippen LogP contribution is -2.49. The molecule has 0 bridgehead atoms. The first kappa shape index (κ1) is 26.8. The van der Waals surface area contributed by atoms with E-state index in [0.717, 1.165) is 11.3 Å². The number of hydrogen-bond acceptors (Lipinski definition) is 6. The molecule has 0 N–H and O–H groups in total. The number of benzene rings is 2. The number of fused-ring (bicyclic) bond motifs is 1. The van der Waals surface area contributed by atoms with Crippen molar-refractivity contribution >= 4 is 27.9 Å². The summed E-state index contributed by atoms with van der Waals surface area (Å²) in [6, 6.07) is 12.9. The van der Waals surface area contributed by atoms with Crippen LogP contribution in [0.15, 0.2) is 58.7 Å². The van der Waals surface area contributed by atoms with E-state index in [2.05, 4.69) is 10.1 Å². The van der Waals surface area contributed by atoms with Gasteiger partial charge in [-0.1, -0.05) is 18.2 Å². The molecule has 41 heavy (non-hydrogen) atoms. The maximum absolute atomic E-state index is 14.2. The largest absolute Gasteiger partial charge is 0.366 e. The molecule has 0 saturated carbocycles. The molecule has 0 unspecified atom stereocenters. The van der Waals surface area contributed by atoms with E-state index in [0.29, 0.717) is 65.2 Å². The molecule has 8 nitrogen and oxygen atoms in total. The van der Waals surface area contributed by atoms with Crippen LogP contribution in [0.4, 0.5) is 14.5 Å². The van der Waals surface area contributed by atoms with Crippen LogP contribution in [-0.4, -0.2) is 56.2 Å². The van der Waals surface area contributed by atoms with Crippen molar-refractivity contribution in [1.82, 2.24) is 24.1 Å². The average molecular weight is 575 g/mol. The molecule has 1 amide bonds. The number of aryl methyl sites for hydroxylation is 3. The topological polar surface area (TPSA) is 75.7 Å². The zero-order valence-electron chi connectivity index (χ0n) is 22.9. The average Bonchev–Trinajstić information content (AvgIpc) is 3.53. The van der Waals surface area contributed by atoms with Gasteiger partial charge in [-0.2, -0.15) is 5.10 Å². The lowest BCUT2D eigenvalue weighted by atomic mass is 10.1. The maximum Gasteiger partial charge on any atom is 0.268 e. The SMILES string of the molecule is Cc1ccc(F)cc1-n1nc(-c2c(C)nc3scc(CC(=O)N4CCN(c5ccccc5F)CC4)n3c2=O)cc1C. The summed E-state index contributed by atoms with van der Waals surface area (Å²) in [6.45, 7) is 7.45. The van der Waals surface area contributed by atoms with E-state index in [1.807, 2.05) is 18.7 Å². The van der Waals surface area contributed by atoms with Crippen molar-refractivity contribution in [3.8, 4) is 16.9 Å². The van der Waals surface area contributed by atoms with Gasteiger partial charge in [-0.3, -0.25) is 14.0 Å². The fourth-order valence-electron chi connectivity index (χ4n) is 5.35. The summed E-state index contributed by atoms with van der Waals surface area (Å²) in [4.78, 5) is 36.0. The summed E-state index contributed by atoms with van der Waals surface area (Å²) in [5, 5.41) is 6.45. The van der Waals surface area contributed by atoms with Crippen LogP contribution in [0.25, 0.3) is 21.9 Å². The Bertz CT molecular complexity index is 1850. The highest BCUT2D eigenvalue weighted by atomic mass is 32.1. The van der Waals surface area contributed by atoms with Crippen LogP contribution in [0.3, 0.4) is 0 Å². The molecule has 1 aliphatic heterocycles. The molecule has 2 aromatic carbocycles. The summed E-state index contributed by atoms with van der Waals surface area (Å²) in [6.07, 6.45) is 0.0414. The number of nitrogens with zero attached hydrogens (tertiary/aromatic N) is 6. The predicted octanol–water partition coefficient (Wildman–Crippen LogP) is 4.70. The van der Waals surface area contributed by atoms with Crippen LogP contribution in [0.1, 0.15) is 22.6 Å². The minimum absolute atomic E-state index is 0.0414. The molecule has 11 heteroatoms. The van der Waals surface area contributed by atoms with Gasteiger partial charge in [-0.25, -0.2) is 18.4 Å². The lowest BCUT2D eigenvalue weighted by Gasteiger charge is -2.36. The molecule has 0 radical (unpaired) electrons. The number of hydrogen-bond donors (Lipinski definition) is 0. The van der Waals surface area contributed by atoms with Gasteiger partial charge in [0, 0.05) is 42.9 Å². The predicted molar refractivity (Wildman–Crippen MR) is 155 cm³/mol. The Kier molecular flexibility index (Phi) is 6.90. The minimum Gasteiger partial charge on any atom is -0.366 e. The van der Waals surface area contributed by atoms with E-state index in [-0.39, 0.29) is 29.5 Å². The van der Waals surface area contributed by atoms with E-state index in [4.69, 9.17) is 0 Å². The third kappa shape index (κ3) is 4.90. The van der Waals surface area contributed by atoms with Crippen LogP contribution in [-0.2, 0) is 11.2 Å². The number of piperazine rings is 1. The molecule has 0 aliphatic carbocycles. The summed E-state index contributed by atoms with van der Waals surface area (Å²) in [5.74, 6) is -0.752. The van der Waals surface area contributed by atoms with Crippen LogP contribution in [0.5, 0.6) is 0 Å². The van der Waals surface area contributed by atoms with Gasteiger partial charge in [0.25, 0.3) is 5.56 Å². The van der Waals surface area contributed by atoms with Crippen molar-refractivity contribution in [2.24, 2.45) is 0 Å². The first-order valence-corrected chi connectivity index (χ1v) is 14.2. The molecule has 3 aromatic heterocycles. The smallest absolute Gasteiger partial charge is 0.268 e. The third-order valence-corrected chi connectivity index (χ3v) is 8.40. The maximum atomic E-state index is 14.2. The van der Waals surface area contributed by atoms with Crippen molar-refractivity contribution in [2.75, 3.05) is 31.1 Å². The number of aromatic nitrogens is 4. The number of carbonyl (C=O) groups excluding carboxylic acids is 1. The Hall–Kier alpha value is -4.38. The molecule has 0 atom stereocenters. The highest BCUT2D eigenvalue weighted by Gasteiger charge is 2.25. The molecule has 1 saturated heterocycles. The number of carbonyl (C=O) groups is 1. The van der Waals surface area contributed by atoms with Crippen molar-refractivity contribution in [3.63, 3.8) is 0 Å². The van der Waals surface area contributed by atoms with E-state index < -0.39 is 0 Å². The molecule has 210 valence electrons. The normalized spacial score (nSPS) is 13.8. The molecular weight excluding hydrogens is 546 g/mol. The first-order valence-electron chi connectivity index (χ1n) is 13.3. The third-order valence-electron chi connectivity index (χ3n) is 7.52. The number of para-hydroxylation sites is 1. The number of rotatable bonds is 5. The monoisotopic (exact) mass is 574 g/mol. The first-order chi connectivity index (χ1) is 19.7. The molecule has 4 heterocycles. The number of amides is 1. The van der Waals surface area contributed by atoms with Gasteiger partial charge in [0.2, 0.25) is 5.91 Å². The van der Waals surface area contributed by atoms with Gasteiger partial charge in [0.1, 0.15) is 17.3 Å². The summed E-state index contributed by atoms with van der Waals surface area (Å²) < 4.78 is 31.3. The Morgan fingerprint density at radius 1 is 0.976 bits per heavy atom.